The molecule has 0 atom stereocenters. The van der Waals surface area contributed by atoms with Gasteiger partial charge in [-0.1, -0.05) is 18.2 Å². The molecule has 1 amide bonds. The number of para-hydroxylation sites is 1. The van der Waals surface area contributed by atoms with Crippen LogP contribution in [0.3, 0.4) is 0 Å². The Bertz CT molecular complexity index is 740. The minimum Gasteiger partial charge on any atom is -0.378 e. The zero-order valence-corrected chi connectivity index (χ0v) is 14.7. The summed E-state index contributed by atoms with van der Waals surface area (Å²) in [5.74, 6) is 0.783. The summed E-state index contributed by atoms with van der Waals surface area (Å²) in [5, 5.41) is 1.06. The number of aromatic nitrogens is 1. The van der Waals surface area contributed by atoms with Gasteiger partial charge in [0.1, 0.15) is 0 Å². The molecule has 2 N–H and O–H groups in total. The van der Waals surface area contributed by atoms with Crippen LogP contribution in [-0.2, 0) is 11.3 Å². The lowest BCUT2D eigenvalue weighted by Crippen LogP contribution is -2.40. The molecule has 2 aliphatic rings. The van der Waals surface area contributed by atoms with Crippen LogP contribution in [0.1, 0.15) is 36.0 Å². The highest BCUT2D eigenvalue weighted by Crippen LogP contribution is 2.29. The Morgan fingerprint density at radius 3 is 2.60 bits per heavy atom. The molecule has 1 saturated heterocycles. The van der Waals surface area contributed by atoms with Crippen molar-refractivity contribution < 1.29 is 9.53 Å². The monoisotopic (exact) mass is 341 g/mol. The molecule has 5 nitrogen and oxygen atoms in total. The van der Waals surface area contributed by atoms with Crippen molar-refractivity contribution in [3.05, 3.63) is 36.0 Å². The van der Waals surface area contributed by atoms with Crippen molar-refractivity contribution in [1.29, 1.82) is 0 Å². The molecule has 1 saturated carbocycles. The standard InChI is InChI=1S/C20H27N3O2/c21-16-7-5-15(6-8-16)13-23-14-18(17-3-1-2-4-19(17)23)20(24)22-9-11-25-12-10-22/h1-4,14-16H,5-13,21H2. The Hall–Kier alpha value is -1.85. The SMILES string of the molecule is NC1CCC(Cn2cc(C(=O)N3CCOCC3)c3ccccc32)CC1. The zero-order valence-electron chi connectivity index (χ0n) is 14.7. The number of fused-ring (bicyclic) bond motifs is 1. The van der Waals surface area contributed by atoms with Crippen LogP contribution in [0.2, 0.25) is 0 Å². The molecular formula is C20H27N3O2. The van der Waals surface area contributed by atoms with Gasteiger partial charge in [-0.15, -0.1) is 0 Å². The molecule has 4 rings (SSSR count). The van der Waals surface area contributed by atoms with Crippen LogP contribution < -0.4 is 5.73 Å². The third kappa shape index (κ3) is 3.44. The van der Waals surface area contributed by atoms with Crippen LogP contribution in [0, 0.1) is 5.92 Å². The van der Waals surface area contributed by atoms with Gasteiger partial charge in [0.2, 0.25) is 0 Å². The summed E-state index contributed by atoms with van der Waals surface area (Å²) >= 11 is 0. The highest BCUT2D eigenvalue weighted by molar-refractivity contribution is 6.07. The van der Waals surface area contributed by atoms with Gasteiger partial charge in [-0.05, 0) is 37.7 Å². The molecule has 1 aromatic heterocycles. The van der Waals surface area contributed by atoms with Gasteiger partial charge >= 0.3 is 0 Å². The van der Waals surface area contributed by atoms with Crippen LogP contribution in [-0.4, -0.2) is 47.7 Å². The second-order valence-corrected chi connectivity index (χ2v) is 7.40. The maximum absolute atomic E-state index is 13.0. The number of nitrogens with two attached hydrogens (primary N) is 1. The summed E-state index contributed by atoms with van der Waals surface area (Å²) < 4.78 is 7.66. The lowest BCUT2D eigenvalue weighted by Gasteiger charge is -2.27. The van der Waals surface area contributed by atoms with Gasteiger partial charge in [0.25, 0.3) is 5.91 Å². The quantitative estimate of drug-likeness (QED) is 0.933. The number of amides is 1. The fraction of sp³-hybridized carbons (Fsp3) is 0.550. The van der Waals surface area contributed by atoms with E-state index in [1.807, 2.05) is 11.0 Å². The normalized spacial score (nSPS) is 24.6. The first-order valence-electron chi connectivity index (χ1n) is 9.43. The second kappa shape index (κ2) is 7.18. The Morgan fingerprint density at radius 2 is 1.84 bits per heavy atom. The van der Waals surface area contributed by atoms with E-state index in [-0.39, 0.29) is 5.91 Å². The first-order chi connectivity index (χ1) is 12.2. The fourth-order valence-electron chi connectivity index (χ4n) is 4.15. The number of hydrogen-bond donors (Lipinski definition) is 1. The number of rotatable bonds is 3. The number of morpholine rings is 1. The average Bonchev–Trinajstić information content (AvgIpc) is 3.02. The minimum atomic E-state index is 0.129. The van der Waals surface area contributed by atoms with Gasteiger partial charge in [0.15, 0.2) is 0 Å². The van der Waals surface area contributed by atoms with Crippen LogP contribution in [0.25, 0.3) is 10.9 Å². The van der Waals surface area contributed by atoms with Crippen molar-refractivity contribution in [1.82, 2.24) is 9.47 Å². The van der Waals surface area contributed by atoms with Gasteiger partial charge < -0.3 is 19.9 Å². The molecule has 0 radical (unpaired) electrons. The molecular weight excluding hydrogens is 314 g/mol. The Labute approximate surface area is 148 Å². The van der Waals surface area contributed by atoms with E-state index < -0.39 is 0 Å². The number of ether oxygens (including phenoxy) is 1. The molecule has 1 aliphatic heterocycles. The number of carbonyl (C=O) groups is 1. The highest BCUT2D eigenvalue weighted by Gasteiger charge is 2.24. The predicted molar refractivity (Wildman–Crippen MR) is 98.6 cm³/mol. The van der Waals surface area contributed by atoms with E-state index in [0.717, 1.165) is 35.9 Å². The maximum Gasteiger partial charge on any atom is 0.256 e. The summed E-state index contributed by atoms with van der Waals surface area (Å²) in [5.41, 5.74) is 8.03. The highest BCUT2D eigenvalue weighted by atomic mass is 16.5. The predicted octanol–water partition coefficient (Wildman–Crippen LogP) is 2.63. The number of hydrogen-bond acceptors (Lipinski definition) is 3. The van der Waals surface area contributed by atoms with E-state index in [0.29, 0.717) is 38.3 Å². The lowest BCUT2D eigenvalue weighted by atomic mass is 9.86. The first-order valence-corrected chi connectivity index (χ1v) is 9.43. The second-order valence-electron chi connectivity index (χ2n) is 7.40. The van der Waals surface area contributed by atoms with E-state index in [4.69, 9.17) is 10.5 Å². The molecule has 1 aliphatic carbocycles. The van der Waals surface area contributed by atoms with Gasteiger partial charge in [-0.25, -0.2) is 0 Å². The molecule has 134 valence electrons. The van der Waals surface area contributed by atoms with Gasteiger partial charge in [-0.3, -0.25) is 4.79 Å². The summed E-state index contributed by atoms with van der Waals surface area (Å²) in [6.07, 6.45) is 6.66. The molecule has 1 aromatic carbocycles. The summed E-state index contributed by atoms with van der Waals surface area (Å²) in [6.45, 7) is 3.60. The van der Waals surface area contributed by atoms with Crippen molar-refractivity contribution in [2.45, 2.75) is 38.3 Å². The third-order valence-corrected chi connectivity index (χ3v) is 5.66. The minimum absolute atomic E-state index is 0.129. The van der Waals surface area contributed by atoms with Gasteiger partial charge in [0, 0.05) is 42.8 Å². The van der Waals surface area contributed by atoms with E-state index >= 15 is 0 Å². The van der Waals surface area contributed by atoms with Gasteiger partial charge in [-0.2, -0.15) is 0 Å². The van der Waals surface area contributed by atoms with E-state index in [2.05, 4.69) is 29.0 Å². The first kappa shape index (κ1) is 16.6. The van der Waals surface area contributed by atoms with Gasteiger partial charge in [0.05, 0.1) is 18.8 Å². The van der Waals surface area contributed by atoms with Crippen molar-refractivity contribution in [3.8, 4) is 0 Å². The molecule has 2 fully saturated rings. The maximum atomic E-state index is 13.0. The molecule has 2 aromatic rings. The van der Waals surface area contributed by atoms with Crippen LogP contribution in [0.5, 0.6) is 0 Å². The lowest BCUT2D eigenvalue weighted by molar-refractivity contribution is 0.0304. The fourth-order valence-corrected chi connectivity index (χ4v) is 4.15. The molecule has 2 heterocycles. The largest absolute Gasteiger partial charge is 0.378 e. The number of carbonyl (C=O) groups excluding carboxylic acids is 1. The summed E-state index contributed by atoms with van der Waals surface area (Å²) in [4.78, 5) is 14.9. The van der Waals surface area contributed by atoms with Crippen LogP contribution in [0.4, 0.5) is 0 Å². The number of benzene rings is 1. The average molecular weight is 341 g/mol. The number of nitrogens with zero attached hydrogens (tertiary/aromatic N) is 2. The van der Waals surface area contributed by atoms with Crippen LogP contribution >= 0.6 is 0 Å². The van der Waals surface area contributed by atoms with Crippen molar-refractivity contribution in [2.75, 3.05) is 26.3 Å². The molecule has 0 bridgehead atoms. The van der Waals surface area contributed by atoms with Crippen LogP contribution in [0.15, 0.2) is 30.5 Å². The Morgan fingerprint density at radius 1 is 1.12 bits per heavy atom. The molecule has 25 heavy (non-hydrogen) atoms. The van der Waals surface area contributed by atoms with Crippen molar-refractivity contribution >= 4 is 16.8 Å². The van der Waals surface area contributed by atoms with E-state index in [1.165, 1.54) is 12.8 Å². The molecule has 0 unspecified atom stereocenters. The van der Waals surface area contributed by atoms with E-state index in [9.17, 15) is 4.79 Å². The third-order valence-electron chi connectivity index (χ3n) is 5.66. The Kier molecular flexibility index (Phi) is 4.77. The zero-order chi connectivity index (χ0) is 17.2. The topological polar surface area (TPSA) is 60.5 Å². The van der Waals surface area contributed by atoms with E-state index in [1.54, 1.807) is 0 Å². The summed E-state index contributed by atoms with van der Waals surface area (Å²) in [7, 11) is 0. The Balaban J connectivity index is 1.61. The smallest absolute Gasteiger partial charge is 0.256 e. The van der Waals surface area contributed by atoms with Crippen molar-refractivity contribution in [2.24, 2.45) is 11.7 Å². The summed E-state index contributed by atoms with van der Waals surface area (Å²) in [6, 6.07) is 8.63. The molecule has 0 spiro atoms. The molecule has 5 heteroatoms. The van der Waals surface area contributed by atoms with Crippen molar-refractivity contribution in [3.63, 3.8) is 0 Å².